The van der Waals surface area contributed by atoms with Crippen LogP contribution in [0.1, 0.15) is 12.5 Å². The summed E-state index contributed by atoms with van der Waals surface area (Å²) in [6.07, 6.45) is -3.93. The number of alkyl halides is 3. The van der Waals surface area contributed by atoms with Crippen molar-refractivity contribution in [2.75, 3.05) is 39.3 Å². The van der Waals surface area contributed by atoms with E-state index in [1.54, 1.807) is 4.90 Å². The summed E-state index contributed by atoms with van der Waals surface area (Å²) in [5.41, 5.74) is 0.871. The quantitative estimate of drug-likeness (QED) is 0.831. The third-order valence-corrected chi connectivity index (χ3v) is 3.72. The average Bonchev–Trinajstić information content (AvgIpc) is 2.48. The van der Waals surface area contributed by atoms with Crippen molar-refractivity contribution >= 4 is 5.91 Å². The summed E-state index contributed by atoms with van der Waals surface area (Å²) >= 11 is 0. The molecule has 4 nitrogen and oxygen atoms in total. The largest absolute Gasteiger partial charge is 0.494 e. The second-order valence-corrected chi connectivity index (χ2v) is 5.53. The van der Waals surface area contributed by atoms with Gasteiger partial charge >= 0.3 is 6.18 Å². The number of piperazine rings is 1. The molecule has 7 heteroatoms. The second kappa shape index (κ2) is 7.68. The number of ether oxygens (including phenoxy) is 1. The molecule has 23 heavy (non-hydrogen) atoms. The predicted octanol–water partition coefficient (Wildman–Crippen LogP) is 2.33. The Morgan fingerprint density at radius 3 is 2.26 bits per heavy atom. The van der Waals surface area contributed by atoms with E-state index in [1.807, 2.05) is 31.2 Å². The van der Waals surface area contributed by atoms with E-state index in [9.17, 15) is 18.0 Å². The number of hydrogen-bond acceptors (Lipinski definition) is 3. The van der Waals surface area contributed by atoms with E-state index in [0.29, 0.717) is 19.7 Å². The van der Waals surface area contributed by atoms with Gasteiger partial charge in [-0.15, -0.1) is 0 Å². The zero-order valence-electron chi connectivity index (χ0n) is 13.1. The second-order valence-electron chi connectivity index (χ2n) is 5.53. The zero-order chi connectivity index (χ0) is 16.9. The summed E-state index contributed by atoms with van der Waals surface area (Å²) in [6, 6.07) is 7.30. The van der Waals surface area contributed by atoms with Gasteiger partial charge in [-0.2, -0.15) is 13.2 Å². The molecule has 1 saturated heterocycles. The van der Waals surface area contributed by atoms with Crippen molar-refractivity contribution in [2.45, 2.75) is 19.5 Å². The highest BCUT2D eigenvalue weighted by atomic mass is 19.4. The van der Waals surface area contributed by atoms with Crippen LogP contribution in [0.2, 0.25) is 0 Å². The fraction of sp³-hybridized carbons (Fsp3) is 0.562. The molecule has 0 atom stereocenters. The van der Waals surface area contributed by atoms with Crippen LogP contribution in [0.4, 0.5) is 13.2 Å². The Labute approximate surface area is 133 Å². The Balaban J connectivity index is 1.80. The van der Waals surface area contributed by atoms with E-state index in [-0.39, 0.29) is 25.4 Å². The van der Waals surface area contributed by atoms with E-state index in [1.165, 1.54) is 4.90 Å². The first-order valence-electron chi connectivity index (χ1n) is 7.66. The first-order chi connectivity index (χ1) is 10.9. The summed E-state index contributed by atoms with van der Waals surface area (Å²) in [6.45, 7) is 2.77. The number of carbonyl (C=O) groups excluding carboxylic acids is 1. The van der Waals surface area contributed by atoms with Gasteiger partial charge in [0.25, 0.3) is 0 Å². The summed E-state index contributed by atoms with van der Waals surface area (Å²) in [5.74, 6) is 0.699. The standard InChI is InChI=1S/C16H21F3N2O2/c1-2-23-14-5-3-13(4-6-14)11-15(22)21-9-7-20(8-10-21)12-16(17,18)19/h3-6H,2,7-12H2,1H3. The van der Waals surface area contributed by atoms with Crippen molar-refractivity contribution in [2.24, 2.45) is 0 Å². The van der Waals surface area contributed by atoms with Crippen LogP contribution in [0, 0.1) is 0 Å². The number of carbonyl (C=O) groups is 1. The van der Waals surface area contributed by atoms with E-state index in [4.69, 9.17) is 4.74 Å². The summed E-state index contributed by atoms with van der Waals surface area (Å²) < 4.78 is 42.4. The van der Waals surface area contributed by atoms with Crippen LogP contribution in [-0.2, 0) is 11.2 Å². The number of rotatable bonds is 5. The van der Waals surface area contributed by atoms with E-state index in [2.05, 4.69) is 0 Å². The minimum absolute atomic E-state index is 0.0548. The van der Waals surface area contributed by atoms with Crippen LogP contribution in [0.5, 0.6) is 5.75 Å². The number of amides is 1. The summed E-state index contributed by atoms with van der Waals surface area (Å²) in [5, 5.41) is 0. The molecule has 128 valence electrons. The highest BCUT2D eigenvalue weighted by Crippen LogP contribution is 2.18. The number of nitrogens with zero attached hydrogens (tertiary/aromatic N) is 2. The Morgan fingerprint density at radius 1 is 1.13 bits per heavy atom. The molecule has 1 aromatic carbocycles. The van der Waals surface area contributed by atoms with Gasteiger partial charge in [0.15, 0.2) is 0 Å². The van der Waals surface area contributed by atoms with Crippen LogP contribution in [0.3, 0.4) is 0 Å². The van der Waals surface area contributed by atoms with Crippen molar-refractivity contribution in [3.63, 3.8) is 0 Å². The third-order valence-electron chi connectivity index (χ3n) is 3.72. The Morgan fingerprint density at radius 2 is 1.74 bits per heavy atom. The average molecular weight is 330 g/mol. The first kappa shape index (κ1) is 17.6. The molecule has 1 aliphatic heterocycles. The van der Waals surface area contributed by atoms with Gasteiger partial charge in [0.2, 0.25) is 5.91 Å². The van der Waals surface area contributed by atoms with Crippen LogP contribution in [0.15, 0.2) is 24.3 Å². The monoisotopic (exact) mass is 330 g/mol. The molecule has 0 aliphatic carbocycles. The molecule has 2 rings (SSSR count). The molecule has 0 radical (unpaired) electrons. The van der Waals surface area contributed by atoms with Crippen molar-refractivity contribution in [1.82, 2.24) is 9.80 Å². The van der Waals surface area contributed by atoms with Crippen molar-refractivity contribution in [3.8, 4) is 5.75 Å². The first-order valence-corrected chi connectivity index (χ1v) is 7.66. The number of hydrogen-bond donors (Lipinski definition) is 0. The molecule has 1 amide bonds. The molecule has 0 bridgehead atoms. The Hall–Kier alpha value is -1.76. The van der Waals surface area contributed by atoms with Gasteiger partial charge in [-0.1, -0.05) is 12.1 Å². The van der Waals surface area contributed by atoms with Crippen molar-refractivity contribution in [1.29, 1.82) is 0 Å². The molecule has 1 aliphatic rings. The van der Waals surface area contributed by atoms with Crippen molar-refractivity contribution in [3.05, 3.63) is 29.8 Å². The number of benzene rings is 1. The Kier molecular flexibility index (Phi) is 5.87. The predicted molar refractivity (Wildman–Crippen MR) is 80.4 cm³/mol. The third kappa shape index (κ3) is 5.74. The molecular weight excluding hydrogens is 309 g/mol. The molecule has 0 saturated carbocycles. The lowest BCUT2D eigenvalue weighted by Gasteiger charge is -2.35. The molecule has 0 aromatic heterocycles. The van der Waals surface area contributed by atoms with Gasteiger partial charge in [-0.3, -0.25) is 9.69 Å². The highest BCUT2D eigenvalue weighted by molar-refractivity contribution is 5.78. The van der Waals surface area contributed by atoms with E-state index < -0.39 is 12.7 Å². The van der Waals surface area contributed by atoms with Crippen LogP contribution in [-0.4, -0.2) is 61.2 Å². The minimum atomic E-state index is -4.19. The van der Waals surface area contributed by atoms with Crippen LogP contribution in [0.25, 0.3) is 0 Å². The van der Waals surface area contributed by atoms with Gasteiger partial charge in [-0.05, 0) is 24.6 Å². The Bertz CT molecular complexity index is 509. The van der Waals surface area contributed by atoms with Crippen LogP contribution >= 0.6 is 0 Å². The van der Waals surface area contributed by atoms with Gasteiger partial charge in [0.1, 0.15) is 5.75 Å². The highest BCUT2D eigenvalue weighted by Gasteiger charge is 2.32. The van der Waals surface area contributed by atoms with Gasteiger partial charge in [-0.25, -0.2) is 0 Å². The fourth-order valence-corrected chi connectivity index (χ4v) is 2.57. The van der Waals surface area contributed by atoms with Crippen LogP contribution < -0.4 is 4.74 Å². The number of halogens is 3. The molecule has 1 fully saturated rings. The lowest BCUT2D eigenvalue weighted by atomic mass is 10.1. The maximum Gasteiger partial charge on any atom is 0.401 e. The molecular formula is C16H21F3N2O2. The molecule has 0 spiro atoms. The molecule has 0 unspecified atom stereocenters. The molecule has 1 aromatic rings. The van der Waals surface area contributed by atoms with Gasteiger partial charge in [0.05, 0.1) is 19.6 Å². The topological polar surface area (TPSA) is 32.8 Å². The maximum atomic E-state index is 12.3. The van der Waals surface area contributed by atoms with Crippen molar-refractivity contribution < 1.29 is 22.7 Å². The maximum absolute atomic E-state index is 12.3. The molecule has 1 heterocycles. The summed E-state index contributed by atoms with van der Waals surface area (Å²) in [7, 11) is 0. The fourth-order valence-electron chi connectivity index (χ4n) is 2.57. The van der Waals surface area contributed by atoms with E-state index >= 15 is 0 Å². The zero-order valence-corrected chi connectivity index (χ0v) is 13.1. The minimum Gasteiger partial charge on any atom is -0.494 e. The summed E-state index contributed by atoms with van der Waals surface area (Å²) in [4.78, 5) is 15.2. The lowest BCUT2D eigenvalue weighted by molar-refractivity contribution is -0.151. The lowest BCUT2D eigenvalue weighted by Crippen LogP contribution is -2.51. The SMILES string of the molecule is CCOc1ccc(CC(=O)N2CCN(CC(F)(F)F)CC2)cc1. The normalized spacial score (nSPS) is 16.4. The van der Waals surface area contributed by atoms with E-state index in [0.717, 1.165) is 11.3 Å². The van der Waals surface area contributed by atoms with Gasteiger partial charge < -0.3 is 9.64 Å². The van der Waals surface area contributed by atoms with Gasteiger partial charge in [0, 0.05) is 26.2 Å². The molecule has 0 N–H and O–H groups in total. The smallest absolute Gasteiger partial charge is 0.401 e.